The van der Waals surface area contributed by atoms with Crippen LogP contribution < -0.4 is 15.4 Å². The predicted octanol–water partition coefficient (Wildman–Crippen LogP) is 6.29. The maximum absolute atomic E-state index is 16.7. The highest BCUT2D eigenvalue weighted by Gasteiger charge is 2.59. The summed E-state index contributed by atoms with van der Waals surface area (Å²) in [6.45, 7) is -4.06. The Hall–Kier alpha value is -9.48. The van der Waals surface area contributed by atoms with E-state index >= 15 is 9.18 Å². The van der Waals surface area contributed by atoms with Gasteiger partial charge in [0.1, 0.15) is 86.1 Å². The number of alkyl carbamates (subject to hydrolysis) is 1. The molecule has 0 aromatic heterocycles. The second kappa shape index (κ2) is 38.5. The van der Waals surface area contributed by atoms with Crippen molar-refractivity contribution in [3.05, 3.63) is 215 Å². The first-order valence-electron chi connectivity index (χ1n) is 32.3. The minimum atomic E-state index is -2.38. The normalized spacial score (nSPS) is 28.8. The highest BCUT2D eigenvalue weighted by molar-refractivity contribution is 5.82. The van der Waals surface area contributed by atoms with E-state index in [2.05, 4.69) is 50.7 Å². The molecule has 0 spiro atoms. The molecule has 0 radical (unpaired) electrons. The van der Waals surface area contributed by atoms with Crippen LogP contribution in [0, 0.1) is 0 Å². The average Bonchev–Trinajstić information content (AvgIpc) is 1.07. The number of benzene rings is 5. The summed E-state index contributed by atoms with van der Waals surface area (Å²) in [7, 11) is 2.89. The molecule has 0 bridgehead atoms. The number of azide groups is 4. The van der Waals surface area contributed by atoms with E-state index in [1.807, 2.05) is 6.07 Å². The van der Waals surface area contributed by atoms with Crippen LogP contribution >= 0.6 is 0 Å². The summed E-state index contributed by atoms with van der Waals surface area (Å²) in [5.41, 5.74) is 41.2. The highest BCUT2D eigenvalue weighted by Crippen LogP contribution is 2.39. The fourth-order valence-electron chi connectivity index (χ4n) is 11.9. The molecule has 9 rings (SSSR count). The van der Waals surface area contributed by atoms with Gasteiger partial charge in [0.05, 0.1) is 89.6 Å². The van der Waals surface area contributed by atoms with E-state index < -0.39 is 173 Å². The number of nitrogens with one attached hydrogen (secondary N) is 2. The van der Waals surface area contributed by atoms with Crippen molar-refractivity contribution in [2.75, 3.05) is 40.4 Å². The van der Waals surface area contributed by atoms with Crippen LogP contribution in [0.25, 0.3) is 41.8 Å². The van der Waals surface area contributed by atoms with Gasteiger partial charge in [-0.1, -0.05) is 154 Å². The summed E-state index contributed by atoms with van der Waals surface area (Å²) < 4.78 is 91.4. The van der Waals surface area contributed by atoms with Gasteiger partial charge in [-0.25, -0.2) is 14.0 Å². The van der Waals surface area contributed by atoms with E-state index in [9.17, 15) is 51.7 Å². The van der Waals surface area contributed by atoms with Gasteiger partial charge in [0.2, 0.25) is 0 Å². The van der Waals surface area contributed by atoms with Crippen LogP contribution in [0.4, 0.5) is 14.0 Å². The molecule has 5 aromatic rings. The summed E-state index contributed by atoms with van der Waals surface area (Å²) >= 11 is 0. The molecule has 3 saturated heterocycles. The van der Waals surface area contributed by atoms with Gasteiger partial charge in [-0.3, -0.25) is 4.79 Å². The van der Waals surface area contributed by atoms with Crippen LogP contribution in [0.5, 0.6) is 5.75 Å². The minimum Gasteiger partial charge on any atom is -0.497 e. The van der Waals surface area contributed by atoms with Crippen LogP contribution in [-0.4, -0.2) is 217 Å². The fraction of sp³-hybridized carbons (Fsp3) is 0.500. The van der Waals surface area contributed by atoms with Crippen LogP contribution in [0.15, 0.2) is 166 Å². The molecule has 1 saturated carbocycles. The summed E-state index contributed by atoms with van der Waals surface area (Å²) in [5.74, 6) is -0.831. The number of nitrogens with zero attached hydrogens (tertiary/aromatic N) is 13. The van der Waals surface area contributed by atoms with E-state index in [0.717, 1.165) is 5.56 Å². The van der Waals surface area contributed by atoms with E-state index in [0.29, 0.717) is 28.0 Å². The Balaban J connectivity index is 1.15. The third-order valence-corrected chi connectivity index (χ3v) is 17.2. The third-order valence-electron chi connectivity index (χ3n) is 17.2. The molecule has 3 heterocycles. The first-order valence-corrected chi connectivity index (χ1v) is 32.3. The van der Waals surface area contributed by atoms with Crippen LogP contribution in [-0.2, 0) is 89.9 Å². The van der Waals surface area contributed by atoms with Gasteiger partial charge < -0.3 is 97.9 Å². The highest BCUT2D eigenvalue weighted by atomic mass is 19.1. The second-order valence-electron chi connectivity index (χ2n) is 24.0. The maximum atomic E-state index is 16.7. The van der Waals surface area contributed by atoms with Crippen LogP contribution in [0.3, 0.4) is 0 Å². The largest absolute Gasteiger partial charge is 0.497 e. The van der Waals surface area contributed by atoms with Crippen molar-refractivity contribution in [2.45, 2.75) is 168 Å². The molecular formula is C66H78FN15O20. The first-order chi connectivity index (χ1) is 49.5. The molecule has 4 aliphatic rings. The zero-order valence-electron chi connectivity index (χ0n) is 55.1. The Labute approximate surface area is 582 Å². The second-order valence-corrected chi connectivity index (χ2v) is 24.0. The number of alkyl halides is 1. The number of hydrogen-bond acceptors (Lipinski definition) is 24. The lowest BCUT2D eigenvalue weighted by Gasteiger charge is -2.51. The lowest BCUT2D eigenvalue weighted by atomic mass is 9.80. The van der Waals surface area contributed by atoms with Crippen molar-refractivity contribution < 1.29 is 101 Å². The lowest BCUT2D eigenvalue weighted by molar-refractivity contribution is -0.309. The predicted molar refractivity (Wildman–Crippen MR) is 351 cm³/mol. The SMILES string of the molecule is COc1ccc(CO[C@H](C(=O)N[C@H]2[C@H](O)[C@@H](O[C@@H]3O[C@H](CO)[C@@H](O[C@H]4O[C@@H](CN=[N+]=[N-])[C@@H](O)[C@H](O)[C@H]4N=[N+]=[N-])[C@H]3O)[C@H](O[C@H]3O[C@H](CN(C)C(=O)OCc4ccccc4)[C@@H](OCc4ccccc4)C[C@H]3N=[N+]=[N-])[C@@H](NC(=O)OCc3ccccc3)[C@@H]2OCc2ccccc2)[C@H](F)CN=[N+]=[N-])cc1. The number of carbonyl (C=O) groups is 3. The van der Waals surface area contributed by atoms with E-state index in [1.54, 1.807) is 140 Å². The molecule has 544 valence electrons. The topological polar surface area (TPSA) is 485 Å². The Morgan fingerprint density at radius 2 is 1.13 bits per heavy atom. The lowest BCUT2D eigenvalue weighted by Crippen LogP contribution is -2.75. The van der Waals surface area contributed by atoms with Crippen LogP contribution in [0.1, 0.15) is 34.2 Å². The Morgan fingerprint density at radius 1 is 0.578 bits per heavy atom. The van der Waals surface area contributed by atoms with Gasteiger partial charge in [-0.15, -0.1) is 0 Å². The molecule has 4 fully saturated rings. The molecule has 36 heteroatoms. The number of methoxy groups -OCH3 is 1. The number of halogens is 1. The summed E-state index contributed by atoms with van der Waals surface area (Å²) in [6.07, 6.45) is -33.8. The minimum absolute atomic E-state index is 0.0132. The molecule has 3 amide bonds. The molecular weight excluding hydrogens is 1340 g/mol. The van der Waals surface area contributed by atoms with Crippen molar-refractivity contribution in [3.63, 3.8) is 0 Å². The van der Waals surface area contributed by atoms with Crippen LogP contribution in [0.2, 0.25) is 0 Å². The number of carbonyl (C=O) groups excluding carboxylic acids is 3. The van der Waals surface area contributed by atoms with Gasteiger partial charge in [0, 0.05) is 26.7 Å². The van der Waals surface area contributed by atoms with Crippen molar-refractivity contribution in [1.29, 1.82) is 0 Å². The molecule has 5 aromatic carbocycles. The molecule has 102 heavy (non-hydrogen) atoms. The molecule has 35 nitrogen and oxygen atoms in total. The molecule has 3 aliphatic heterocycles. The van der Waals surface area contributed by atoms with Gasteiger partial charge >= 0.3 is 12.2 Å². The molecule has 7 N–H and O–H groups in total. The van der Waals surface area contributed by atoms with Gasteiger partial charge in [-0.05, 0) is 68.5 Å². The number of aliphatic hydroxyl groups excluding tert-OH is 5. The van der Waals surface area contributed by atoms with Gasteiger partial charge in [0.25, 0.3) is 5.91 Å². The number of rotatable bonds is 33. The molecule has 0 unspecified atom stereocenters. The molecule has 1 aliphatic carbocycles. The summed E-state index contributed by atoms with van der Waals surface area (Å²) in [6, 6.07) is 34.2. The van der Waals surface area contributed by atoms with E-state index in [1.165, 1.54) is 19.1 Å². The fourth-order valence-corrected chi connectivity index (χ4v) is 11.9. The number of amides is 3. The smallest absolute Gasteiger partial charge is 0.409 e. The Bertz CT molecular complexity index is 3670. The summed E-state index contributed by atoms with van der Waals surface area (Å²) in [5, 5.41) is 78.8. The Morgan fingerprint density at radius 3 is 1.72 bits per heavy atom. The van der Waals surface area contributed by atoms with Gasteiger partial charge in [0.15, 0.2) is 25.0 Å². The quantitative estimate of drug-likeness (QED) is 0.0138. The van der Waals surface area contributed by atoms with Crippen molar-refractivity contribution >= 4 is 18.1 Å². The number of hydrogen-bond donors (Lipinski definition) is 7. The van der Waals surface area contributed by atoms with Crippen molar-refractivity contribution in [2.24, 2.45) is 20.5 Å². The van der Waals surface area contributed by atoms with Crippen molar-refractivity contribution in [3.8, 4) is 5.75 Å². The third kappa shape index (κ3) is 20.6. The van der Waals surface area contributed by atoms with E-state index in [-0.39, 0.29) is 39.4 Å². The monoisotopic (exact) mass is 1420 g/mol. The number of likely N-dealkylation sites (N-methyl/N-ethyl adjacent to an activating group) is 1. The standard InChI is InChI=1S/C66H78FN15O20/c1-82(66(90)96-36-40-21-13-6-14-22-40)30-47-45(92-32-37-15-7-3-8-16-37)27-44(76-80-70)62(98-47)101-59-51(75-65(89)95-35-39-19-11-5-12-20-39)58(94-33-38-17-9-4-10-18-38)49(74-61(88)56(43(67)28-72-78-68)93-34-41-23-25-42(91-2)26-24-41)54(86)60(59)102-64-55(87)57(48(31-83)99-64)100-63-50(77-81-71)53(85)52(84)46(97-63)29-73-79-69/h3-26,43-60,62-64,83-87H,27-36H2,1-2H3,(H,74,88)(H,75,89)/t43-,44-,45+,46+,47-,48-,49+,50-,51+,52-,53-,54+,55-,56+,57-,58-,59-,60-,62-,63-,64+/m1/s1. The maximum Gasteiger partial charge on any atom is 0.409 e. The summed E-state index contributed by atoms with van der Waals surface area (Å²) in [4.78, 5) is 56.3. The zero-order chi connectivity index (χ0) is 72.5. The molecule has 21 atom stereocenters. The Kier molecular flexibility index (Phi) is 29.0. The number of ether oxygens (including phenoxy) is 12. The van der Waals surface area contributed by atoms with E-state index in [4.69, 9.17) is 62.4 Å². The van der Waals surface area contributed by atoms with Crippen molar-refractivity contribution in [1.82, 2.24) is 15.5 Å². The first kappa shape index (κ1) is 76.7. The average molecular weight is 1420 g/mol. The zero-order valence-corrected chi connectivity index (χ0v) is 55.1. The van der Waals surface area contributed by atoms with Gasteiger partial charge in [-0.2, -0.15) is 0 Å². The number of aliphatic hydroxyl groups is 5.